The zero-order chi connectivity index (χ0) is 10.7. The Bertz CT molecular complexity index is 304. The highest BCUT2D eigenvalue weighted by atomic mass is 16.5. The molecule has 0 spiro atoms. The van der Waals surface area contributed by atoms with Crippen molar-refractivity contribution in [3.8, 4) is 0 Å². The van der Waals surface area contributed by atoms with E-state index in [0.717, 1.165) is 37.8 Å². The number of hydrogen-bond acceptors (Lipinski definition) is 4. The molecule has 0 aromatic carbocycles. The molecule has 1 aliphatic heterocycles. The van der Waals surface area contributed by atoms with E-state index in [1.807, 2.05) is 12.4 Å². The Morgan fingerprint density at radius 2 is 1.93 bits per heavy atom. The van der Waals surface area contributed by atoms with Gasteiger partial charge >= 0.3 is 0 Å². The van der Waals surface area contributed by atoms with Crippen molar-refractivity contribution in [2.45, 2.75) is 19.8 Å². The Labute approximate surface area is 90.3 Å². The highest BCUT2D eigenvalue weighted by Gasteiger charge is 2.12. The Hall–Kier alpha value is -1.16. The van der Waals surface area contributed by atoms with Crippen LogP contribution in [0.3, 0.4) is 0 Å². The molecule has 4 heteroatoms. The SMILES string of the molecule is CC(C)c1cnc(N2CCOCC2)cn1. The van der Waals surface area contributed by atoms with Gasteiger partial charge in [-0.25, -0.2) is 4.98 Å². The summed E-state index contributed by atoms with van der Waals surface area (Å²) in [5.41, 5.74) is 1.05. The monoisotopic (exact) mass is 207 g/mol. The van der Waals surface area contributed by atoms with Crippen LogP contribution in [0, 0.1) is 0 Å². The molecule has 2 heterocycles. The van der Waals surface area contributed by atoms with Crippen molar-refractivity contribution >= 4 is 5.82 Å². The van der Waals surface area contributed by atoms with Crippen LogP contribution in [0.2, 0.25) is 0 Å². The van der Waals surface area contributed by atoms with E-state index in [1.54, 1.807) is 0 Å². The minimum atomic E-state index is 0.441. The van der Waals surface area contributed by atoms with Gasteiger partial charge in [-0.1, -0.05) is 13.8 Å². The van der Waals surface area contributed by atoms with Gasteiger partial charge in [-0.2, -0.15) is 0 Å². The van der Waals surface area contributed by atoms with E-state index >= 15 is 0 Å². The van der Waals surface area contributed by atoms with Crippen LogP contribution in [0.5, 0.6) is 0 Å². The molecule has 0 unspecified atom stereocenters. The molecular formula is C11H17N3O. The van der Waals surface area contributed by atoms with Crippen LogP contribution in [0.15, 0.2) is 12.4 Å². The maximum atomic E-state index is 5.29. The molecule has 1 aromatic rings. The van der Waals surface area contributed by atoms with Crippen LogP contribution in [0.4, 0.5) is 5.82 Å². The fourth-order valence-corrected chi connectivity index (χ4v) is 1.59. The molecule has 0 atom stereocenters. The molecule has 15 heavy (non-hydrogen) atoms. The van der Waals surface area contributed by atoms with Crippen LogP contribution in [0.25, 0.3) is 0 Å². The molecular weight excluding hydrogens is 190 g/mol. The molecule has 1 saturated heterocycles. The Morgan fingerprint density at radius 1 is 1.20 bits per heavy atom. The minimum Gasteiger partial charge on any atom is -0.378 e. The smallest absolute Gasteiger partial charge is 0.147 e. The molecule has 4 nitrogen and oxygen atoms in total. The topological polar surface area (TPSA) is 38.2 Å². The van der Waals surface area contributed by atoms with E-state index in [2.05, 4.69) is 28.7 Å². The predicted molar refractivity (Wildman–Crippen MR) is 59.2 cm³/mol. The van der Waals surface area contributed by atoms with Crippen LogP contribution < -0.4 is 4.90 Å². The Kier molecular flexibility index (Phi) is 3.16. The van der Waals surface area contributed by atoms with Crippen LogP contribution >= 0.6 is 0 Å². The molecule has 0 bridgehead atoms. The van der Waals surface area contributed by atoms with Gasteiger partial charge in [0.05, 0.1) is 31.3 Å². The first-order valence-corrected chi connectivity index (χ1v) is 5.42. The van der Waals surface area contributed by atoms with Crippen molar-refractivity contribution in [3.05, 3.63) is 18.1 Å². The number of anilines is 1. The third-order valence-corrected chi connectivity index (χ3v) is 2.58. The Balaban J connectivity index is 2.08. The lowest BCUT2D eigenvalue weighted by Crippen LogP contribution is -2.36. The van der Waals surface area contributed by atoms with Gasteiger partial charge in [0.1, 0.15) is 5.82 Å². The van der Waals surface area contributed by atoms with Gasteiger partial charge in [-0.05, 0) is 5.92 Å². The molecule has 1 aliphatic rings. The van der Waals surface area contributed by atoms with Crippen molar-refractivity contribution in [1.82, 2.24) is 9.97 Å². The fourth-order valence-electron chi connectivity index (χ4n) is 1.59. The molecule has 2 rings (SSSR count). The van der Waals surface area contributed by atoms with Gasteiger partial charge < -0.3 is 9.64 Å². The van der Waals surface area contributed by atoms with Crippen LogP contribution in [-0.2, 0) is 4.74 Å². The van der Waals surface area contributed by atoms with Crippen molar-refractivity contribution in [2.24, 2.45) is 0 Å². The number of morpholine rings is 1. The van der Waals surface area contributed by atoms with Crippen LogP contribution in [-0.4, -0.2) is 36.3 Å². The zero-order valence-electron chi connectivity index (χ0n) is 9.31. The number of hydrogen-bond donors (Lipinski definition) is 0. The Morgan fingerprint density at radius 3 is 2.47 bits per heavy atom. The van der Waals surface area contributed by atoms with Gasteiger partial charge in [-0.15, -0.1) is 0 Å². The summed E-state index contributed by atoms with van der Waals surface area (Å²) in [5, 5.41) is 0. The lowest BCUT2D eigenvalue weighted by molar-refractivity contribution is 0.122. The fraction of sp³-hybridized carbons (Fsp3) is 0.636. The second kappa shape index (κ2) is 4.57. The average molecular weight is 207 g/mol. The van der Waals surface area contributed by atoms with E-state index < -0.39 is 0 Å². The summed E-state index contributed by atoms with van der Waals surface area (Å²) in [7, 11) is 0. The van der Waals surface area contributed by atoms with E-state index in [4.69, 9.17) is 4.74 Å². The summed E-state index contributed by atoms with van der Waals surface area (Å²) in [4.78, 5) is 11.0. The quantitative estimate of drug-likeness (QED) is 0.735. The summed E-state index contributed by atoms with van der Waals surface area (Å²) >= 11 is 0. The van der Waals surface area contributed by atoms with Crippen molar-refractivity contribution < 1.29 is 4.74 Å². The van der Waals surface area contributed by atoms with Gasteiger partial charge in [0.25, 0.3) is 0 Å². The highest BCUT2D eigenvalue weighted by molar-refractivity contribution is 5.36. The zero-order valence-corrected chi connectivity index (χ0v) is 9.31. The first-order valence-electron chi connectivity index (χ1n) is 5.42. The number of nitrogens with zero attached hydrogens (tertiary/aromatic N) is 3. The third kappa shape index (κ3) is 2.45. The van der Waals surface area contributed by atoms with E-state index in [9.17, 15) is 0 Å². The maximum Gasteiger partial charge on any atom is 0.147 e. The highest BCUT2D eigenvalue weighted by Crippen LogP contribution is 2.14. The molecule has 1 fully saturated rings. The molecule has 0 saturated carbocycles. The number of ether oxygens (including phenoxy) is 1. The number of rotatable bonds is 2. The van der Waals surface area contributed by atoms with Crippen LogP contribution in [0.1, 0.15) is 25.5 Å². The van der Waals surface area contributed by atoms with E-state index in [0.29, 0.717) is 5.92 Å². The molecule has 0 N–H and O–H groups in total. The molecule has 0 amide bonds. The predicted octanol–water partition coefficient (Wildman–Crippen LogP) is 1.44. The van der Waals surface area contributed by atoms with Gasteiger partial charge in [0.2, 0.25) is 0 Å². The van der Waals surface area contributed by atoms with E-state index in [1.165, 1.54) is 0 Å². The van der Waals surface area contributed by atoms with Crippen molar-refractivity contribution in [2.75, 3.05) is 31.2 Å². The van der Waals surface area contributed by atoms with Gasteiger partial charge in [0.15, 0.2) is 0 Å². The van der Waals surface area contributed by atoms with Gasteiger partial charge in [0, 0.05) is 13.1 Å². The average Bonchev–Trinajstić information content (AvgIpc) is 2.30. The minimum absolute atomic E-state index is 0.441. The van der Waals surface area contributed by atoms with Crippen molar-refractivity contribution in [1.29, 1.82) is 0 Å². The normalized spacial score (nSPS) is 17.1. The molecule has 1 aromatic heterocycles. The lowest BCUT2D eigenvalue weighted by atomic mass is 10.1. The second-order valence-electron chi connectivity index (χ2n) is 4.05. The summed E-state index contributed by atoms with van der Waals surface area (Å²) in [5.74, 6) is 1.40. The lowest BCUT2D eigenvalue weighted by Gasteiger charge is -2.27. The molecule has 82 valence electrons. The van der Waals surface area contributed by atoms with Gasteiger partial charge in [-0.3, -0.25) is 4.98 Å². The second-order valence-corrected chi connectivity index (χ2v) is 4.05. The summed E-state index contributed by atoms with van der Waals surface area (Å²) < 4.78 is 5.29. The maximum absolute atomic E-state index is 5.29. The standard InChI is InChI=1S/C11H17N3O/c1-9(2)10-7-13-11(8-12-10)14-3-5-15-6-4-14/h7-9H,3-6H2,1-2H3. The molecule has 0 radical (unpaired) electrons. The largest absolute Gasteiger partial charge is 0.378 e. The summed E-state index contributed by atoms with van der Waals surface area (Å²) in [6, 6.07) is 0. The first kappa shape index (κ1) is 10.4. The summed E-state index contributed by atoms with van der Waals surface area (Å²) in [6.07, 6.45) is 3.73. The molecule has 0 aliphatic carbocycles. The third-order valence-electron chi connectivity index (χ3n) is 2.58. The first-order chi connectivity index (χ1) is 7.27. The van der Waals surface area contributed by atoms with Crippen molar-refractivity contribution in [3.63, 3.8) is 0 Å². The van der Waals surface area contributed by atoms with E-state index in [-0.39, 0.29) is 0 Å². The number of aromatic nitrogens is 2. The summed E-state index contributed by atoms with van der Waals surface area (Å²) in [6.45, 7) is 7.64.